The monoisotopic (exact) mass is 137 g/mol. The second kappa shape index (κ2) is 2.90. The minimum atomic E-state index is -4.10. The van der Waals surface area contributed by atoms with Crippen molar-refractivity contribution in [2.45, 2.75) is 19.5 Å². The lowest BCUT2D eigenvalue weighted by atomic mass is 10.1. The summed E-state index contributed by atoms with van der Waals surface area (Å²) >= 11 is 0. The van der Waals surface area contributed by atoms with Gasteiger partial charge >= 0.3 is 6.18 Å². The minimum absolute atomic E-state index is 0.108. The molecule has 0 aromatic heterocycles. The Balaban J connectivity index is 3.72. The maximum atomic E-state index is 11.6. The van der Waals surface area contributed by atoms with Gasteiger partial charge in [-0.1, -0.05) is 19.6 Å². The molecule has 0 saturated heterocycles. The summed E-state index contributed by atoms with van der Waals surface area (Å²) in [4.78, 5) is 0. The van der Waals surface area contributed by atoms with E-state index in [4.69, 9.17) is 6.58 Å². The van der Waals surface area contributed by atoms with E-state index in [-0.39, 0.29) is 6.42 Å². The first-order chi connectivity index (χ1) is 3.98. The van der Waals surface area contributed by atoms with Gasteiger partial charge < -0.3 is 0 Å². The first-order valence-corrected chi connectivity index (χ1v) is 2.58. The molecule has 0 aliphatic heterocycles. The lowest BCUT2D eigenvalue weighted by Crippen LogP contribution is -2.18. The average molecular weight is 137 g/mol. The summed E-state index contributed by atoms with van der Waals surface area (Å²) < 4.78 is 34.7. The maximum Gasteiger partial charge on any atom is 0.391 e. The van der Waals surface area contributed by atoms with Crippen LogP contribution in [0.1, 0.15) is 13.3 Å². The Bertz CT molecular complexity index is 93.0. The third kappa shape index (κ3) is 3.16. The third-order valence-electron chi connectivity index (χ3n) is 1.05. The van der Waals surface area contributed by atoms with E-state index in [1.165, 1.54) is 0 Å². The Morgan fingerprint density at radius 1 is 1.56 bits per heavy atom. The molecular formula is C6H8F3. The highest BCUT2D eigenvalue weighted by molar-refractivity contribution is 4.72. The Kier molecular flexibility index (Phi) is 2.74. The summed E-state index contributed by atoms with van der Waals surface area (Å²) in [5, 5.41) is 0. The van der Waals surface area contributed by atoms with Crippen LogP contribution in [-0.4, -0.2) is 6.18 Å². The van der Waals surface area contributed by atoms with Gasteiger partial charge in [0.2, 0.25) is 0 Å². The fraction of sp³-hybridized carbons (Fsp3) is 0.667. The average Bonchev–Trinajstić information content (AvgIpc) is 1.64. The molecule has 53 valence electrons. The van der Waals surface area contributed by atoms with Crippen molar-refractivity contribution in [1.82, 2.24) is 0 Å². The predicted octanol–water partition coefficient (Wildman–Crippen LogP) is 2.56. The Morgan fingerprint density at radius 3 is 2.11 bits per heavy atom. The van der Waals surface area contributed by atoms with Gasteiger partial charge in [0.1, 0.15) is 0 Å². The molecule has 0 rings (SSSR count). The predicted molar refractivity (Wildman–Crippen MR) is 28.7 cm³/mol. The summed E-state index contributed by atoms with van der Waals surface area (Å²) in [6.07, 6.45) is -3.18. The van der Waals surface area contributed by atoms with E-state index in [1.54, 1.807) is 0 Å². The van der Waals surface area contributed by atoms with Crippen molar-refractivity contribution in [2.24, 2.45) is 5.92 Å². The van der Waals surface area contributed by atoms with E-state index in [9.17, 15) is 13.2 Å². The van der Waals surface area contributed by atoms with E-state index in [2.05, 4.69) is 0 Å². The molecule has 0 saturated carbocycles. The lowest BCUT2D eigenvalue weighted by molar-refractivity contribution is -0.168. The molecular weight excluding hydrogens is 129 g/mol. The van der Waals surface area contributed by atoms with Gasteiger partial charge in [-0.15, -0.1) is 0 Å². The van der Waals surface area contributed by atoms with Crippen molar-refractivity contribution < 1.29 is 13.2 Å². The fourth-order valence-electron chi connectivity index (χ4n) is 0.338. The lowest BCUT2D eigenvalue weighted by Gasteiger charge is -2.12. The van der Waals surface area contributed by atoms with E-state index in [1.807, 2.05) is 0 Å². The van der Waals surface area contributed by atoms with Crippen molar-refractivity contribution in [3.63, 3.8) is 0 Å². The van der Waals surface area contributed by atoms with Crippen molar-refractivity contribution in [2.75, 3.05) is 0 Å². The van der Waals surface area contributed by atoms with Crippen LogP contribution in [0.15, 0.2) is 6.08 Å². The summed E-state index contributed by atoms with van der Waals surface area (Å²) in [5.41, 5.74) is 0. The van der Waals surface area contributed by atoms with E-state index >= 15 is 0 Å². The normalized spacial score (nSPS) is 15.1. The maximum absolute atomic E-state index is 11.6. The first-order valence-electron chi connectivity index (χ1n) is 2.58. The van der Waals surface area contributed by atoms with Gasteiger partial charge in [-0.2, -0.15) is 13.2 Å². The van der Waals surface area contributed by atoms with Gasteiger partial charge in [-0.25, -0.2) is 0 Å². The fourth-order valence-corrected chi connectivity index (χ4v) is 0.338. The van der Waals surface area contributed by atoms with Gasteiger partial charge in [0.15, 0.2) is 0 Å². The van der Waals surface area contributed by atoms with Gasteiger partial charge in [0.25, 0.3) is 0 Å². The van der Waals surface area contributed by atoms with Crippen molar-refractivity contribution in [3.8, 4) is 0 Å². The smallest absolute Gasteiger partial charge is 0.171 e. The first kappa shape index (κ1) is 8.53. The van der Waals surface area contributed by atoms with Crippen molar-refractivity contribution in [3.05, 3.63) is 12.7 Å². The largest absolute Gasteiger partial charge is 0.391 e. The van der Waals surface area contributed by atoms with Gasteiger partial charge in [0, 0.05) is 0 Å². The molecule has 1 unspecified atom stereocenters. The van der Waals surface area contributed by atoms with Crippen LogP contribution >= 0.6 is 0 Å². The number of allylic oxidation sites excluding steroid dienone is 1. The Morgan fingerprint density at radius 2 is 2.00 bits per heavy atom. The standard InChI is InChI=1S/C6H8F3/c1-3-4-5(2)6(7,8)9/h1,3,5H,4H2,2H3. The highest BCUT2D eigenvalue weighted by Gasteiger charge is 2.34. The molecule has 0 bridgehead atoms. The minimum Gasteiger partial charge on any atom is -0.171 e. The SMILES string of the molecule is [CH]=CCC(C)C(F)(F)F. The van der Waals surface area contributed by atoms with E-state index in [0.717, 1.165) is 13.0 Å². The van der Waals surface area contributed by atoms with Gasteiger partial charge in [-0.3, -0.25) is 0 Å². The van der Waals surface area contributed by atoms with Crippen LogP contribution in [0.25, 0.3) is 0 Å². The zero-order valence-electron chi connectivity index (χ0n) is 5.07. The number of halogens is 3. The zero-order chi connectivity index (χ0) is 7.49. The van der Waals surface area contributed by atoms with Crippen molar-refractivity contribution in [1.29, 1.82) is 0 Å². The topological polar surface area (TPSA) is 0 Å². The molecule has 0 heterocycles. The van der Waals surface area contributed by atoms with Gasteiger partial charge in [0.05, 0.1) is 5.92 Å². The number of alkyl halides is 3. The molecule has 1 atom stereocenters. The Hall–Kier alpha value is -0.470. The van der Waals surface area contributed by atoms with Crippen LogP contribution < -0.4 is 0 Å². The molecule has 0 aliphatic rings. The summed E-state index contributed by atoms with van der Waals surface area (Å²) in [6, 6.07) is 0. The molecule has 3 heteroatoms. The van der Waals surface area contributed by atoms with Crippen LogP contribution in [0, 0.1) is 12.5 Å². The van der Waals surface area contributed by atoms with E-state index < -0.39 is 12.1 Å². The number of hydrogen-bond donors (Lipinski definition) is 0. The molecule has 0 nitrogen and oxygen atoms in total. The molecule has 0 N–H and O–H groups in total. The zero-order valence-corrected chi connectivity index (χ0v) is 5.07. The molecule has 0 fully saturated rings. The Labute approximate surface area is 52.4 Å². The van der Waals surface area contributed by atoms with Gasteiger partial charge in [-0.05, 0) is 6.42 Å². The second-order valence-corrected chi connectivity index (χ2v) is 1.91. The van der Waals surface area contributed by atoms with Crippen LogP contribution in [-0.2, 0) is 0 Å². The van der Waals surface area contributed by atoms with E-state index in [0.29, 0.717) is 0 Å². The number of hydrogen-bond acceptors (Lipinski definition) is 0. The third-order valence-corrected chi connectivity index (χ3v) is 1.05. The highest BCUT2D eigenvalue weighted by Crippen LogP contribution is 2.27. The molecule has 0 amide bonds. The molecule has 0 aromatic rings. The summed E-state index contributed by atoms with van der Waals surface area (Å²) in [6.45, 7) is 5.90. The number of rotatable bonds is 2. The molecule has 9 heavy (non-hydrogen) atoms. The molecule has 0 spiro atoms. The van der Waals surface area contributed by atoms with Crippen LogP contribution in [0.4, 0.5) is 13.2 Å². The second-order valence-electron chi connectivity index (χ2n) is 1.91. The summed E-state index contributed by atoms with van der Waals surface area (Å²) in [5.74, 6) is -1.32. The summed E-state index contributed by atoms with van der Waals surface area (Å²) in [7, 11) is 0. The van der Waals surface area contributed by atoms with Crippen LogP contribution in [0.2, 0.25) is 0 Å². The molecule has 0 aromatic carbocycles. The quantitative estimate of drug-likeness (QED) is 0.548. The van der Waals surface area contributed by atoms with Crippen LogP contribution in [0.3, 0.4) is 0 Å². The molecule has 0 aliphatic carbocycles. The van der Waals surface area contributed by atoms with Crippen LogP contribution in [0.5, 0.6) is 0 Å². The van der Waals surface area contributed by atoms with Crippen molar-refractivity contribution >= 4 is 0 Å². The molecule has 1 radical (unpaired) electrons. The highest BCUT2D eigenvalue weighted by atomic mass is 19.4.